The highest BCUT2D eigenvalue weighted by Crippen LogP contribution is 2.32. The number of hydrogen-bond donors (Lipinski definition) is 0. The first-order valence-corrected chi connectivity index (χ1v) is 11.9. The molecule has 1 fully saturated rings. The molecule has 36 heavy (non-hydrogen) atoms. The number of anilines is 1. The molecule has 1 amide bonds. The maximum absolute atomic E-state index is 12.7. The fraction of sp³-hybridized carbons (Fsp3) is 0.167. The summed E-state index contributed by atoms with van der Waals surface area (Å²) in [7, 11) is 0. The van der Waals surface area contributed by atoms with Crippen molar-refractivity contribution in [3.05, 3.63) is 103 Å². The molecule has 6 heteroatoms. The molecule has 1 saturated heterocycles. The van der Waals surface area contributed by atoms with E-state index in [0.717, 1.165) is 16.5 Å². The minimum Gasteiger partial charge on any atom is -0.457 e. The van der Waals surface area contributed by atoms with Crippen LogP contribution in [0.15, 0.2) is 97.1 Å². The number of rotatable bonds is 7. The molecule has 0 spiro atoms. The fourth-order valence-electron chi connectivity index (χ4n) is 4.38. The van der Waals surface area contributed by atoms with Crippen molar-refractivity contribution in [2.75, 3.05) is 11.4 Å². The highest BCUT2D eigenvalue weighted by molar-refractivity contribution is 6.02. The Kier molecular flexibility index (Phi) is 6.50. The first-order valence-electron chi connectivity index (χ1n) is 11.9. The van der Waals surface area contributed by atoms with Crippen molar-refractivity contribution in [1.29, 1.82) is 0 Å². The van der Waals surface area contributed by atoms with E-state index in [4.69, 9.17) is 9.47 Å². The molecule has 4 aromatic rings. The molecule has 0 aliphatic carbocycles. The van der Waals surface area contributed by atoms with Crippen LogP contribution in [0.2, 0.25) is 0 Å². The predicted molar refractivity (Wildman–Crippen MR) is 137 cm³/mol. The van der Waals surface area contributed by atoms with Crippen LogP contribution in [-0.4, -0.2) is 30.3 Å². The van der Waals surface area contributed by atoms with Crippen molar-refractivity contribution in [1.82, 2.24) is 0 Å². The van der Waals surface area contributed by atoms with Crippen molar-refractivity contribution in [2.24, 2.45) is 5.92 Å². The summed E-state index contributed by atoms with van der Waals surface area (Å²) in [4.78, 5) is 39.5. The van der Waals surface area contributed by atoms with Crippen LogP contribution >= 0.6 is 0 Å². The van der Waals surface area contributed by atoms with Crippen molar-refractivity contribution in [3.63, 3.8) is 0 Å². The van der Waals surface area contributed by atoms with E-state index in [1.54, 1.807) is 60.4 Å². The lowest BCUT2D eigenvalue weighted by atomic mass is 10.1. The first-order chi connectivity index (χ1) is 17.5. The van der Waals surface area contributed by atoms with E-state index in [1.807, 2.05) is 48.5 Å². The molecule has 0 unspecified atom stereocenters. The largest absolute Gasteiger partial charge is 0.457 e. The zero-order chi connectivity index (χ0) is 25.1. The van der Waals surface area contributed by atoms with Crippen molar-refractivity contribution >= 4 is 34.1 Å². The van der Waals surface area contributed by atoms with E-state index >= 15 is 0 Å². The minimum absolute atomic E-state index is 0.0410. The zero-order valence-electron chi connectivity index (χ0n) is 19.8. The number of esters is 1. The molecule has 0 saturated carbocycles. The Balaban J connectivity index is 1.22. The Hall–Kier alpha value is -4.45. The summed E-state index contributed by atoms with van der Waals surface area (Å²) in [5, 5.41) is 2.10. The van der Waals surface area contributed by atoms with Gasteiger partial charge < -0.3 is 14.4 Å². The second kappa shape index (κ2) is 10.0. The van der Waals surface area contributed by atoms with Gasteiger partial charge in [-0.15, -0.1) is 0 Å². The molecule has 2 atom stereocenters. The number of ketones is 1. The third kappa shape index (κ3) is 4.84. The molecule has 0 aromatic heterocycles. The van der Waals surface area contributed by atoms with Gasteiger partial charge in [0, 0.05) is 29.6 Å². The van der Waals surface area contributed by atoms with Gasteiger partial charge in [0.25, 0.3) is 0 Å². The summed E-state index contributed by atoms with van der Waals surface area (Å²) in [6.07, 6.45) is -0.881. The standard InChI is InChI=1S/C30H25NO5/c1-20(29(33)22-9-3-2-4-10-22)35-30(34)23-18-28(32)31(19-23)24-14-16-25(17-15-24)36-27-13-7-11-21-8-5-6-12-26(21)27/h2-17,20,23H,18-19H2,1H3/t20-,23-/m0/s1. The van der Waals surface area contributed by atoms with E-state index < -0.39 is 18.0 Å². The molecule has 5 rings (SSSR count). The van der Waals surface area contributed by atoms with Crippen LogP contribution in [0.3, 0.4) is 0 Å². The van der Waals surface area contributed by atoms with Gasteiger partial charge in [-0.2, -0.15) is 0 Å². The van der Waals surface area contributed by atoms with Crippen molar-refractivity contribution in [3.8, 4) is 11.5 Å². The van der Waals surface area contributed by atoms with E-state index in [1.165, 1.54) is 0 Å². The number of benzene rings is 4. The highest BCUT2D eigenvalue weighted by atomic mass is 16.5. The fourth-order valence-corrected chi connectivity index (χ4v) is 4.38. The number of Topliss-reactive ketones (excluding diaryl/α,β-unsaturated/α-hetero) is 1. The third-order valence-electron chi connectivity index (χ3n) is 6.30. The van der Waals surface area contributed by atoms with Gasteiger partial charge in [0.2, 0.25) is 11.7 Å². The summed E-state index contributed by atoms with van der Waals surface area (Å²) in [6.45, 7) is 1.75. The molecule has 0 N–H and O–H groups in total. The summed E-state index contributed by atoms with van der Waals surface area (Å²) < 4.78 is 11.5. The van der Waals surface area contributed by atoms with Crippen LogP contribution < -0.4 is 9.64 Å². The molecule has 6 nitrogen and oxygen atoms in total. The SMILES string of the molecule is C[C@H](OC(=O)[C@H]1CC(=O)N(c2ccc(Oc3cccc4ccccc34)cc2)C1)C(=O)c1ccccc1. The molecule has 0 bridgehead atoms. The smallest absolute Gasteiger partial charge is 0.312 e. The average Bonchev–Trinajstić information content (AvgIpc) is 3.31. The van der Waals surface area contributed by atoms with E-state index in [0.29, 0.717) is 17.0 Å². The Morgan fingerprint density at radius 2 is 1.56 bits per heavy atom. The Morgan fingerprint density at radius 3 is 2.33 bits per heavy atom. The molecule has 1 aliphatic heterocycles. The van der Waals surface area contributed by atoms with Gasteiger partial charge in [0.05, 0.1) is 5.92 Å². The van der Waals surface area contributed by atoms with Crippen molar-refractivity contribution in [2.45, 2.75) is 19.4 Å². The number of carbonyl (C=O) groups excluding carboxylic acids is 3. The van der Waals surface area contributed by atoms with Crippen LogP contribution in [0, 0.1) is 5.92 Å². The highest BCUT2D eigenvalue weighted by Gasteiger charge is 2.37. The Labute approximate surface area is 209 Å². The van der Waals surface area contributed by atoms with Crippen LogP contribution in [0.4, 0.5) is 5.69 Å². The van der Waals surface area contributed by atoms with E-state index in [-0.39, 0.29) is 24.7 Å². The second-order valence-electron chi connectivity index (χ2n) is 8.79. The van der Waals surface area contributed by atoms with Gasteiger partial charge >= 0.3 is 5.97 Å². The van der Waals surface area contributed by atoms with Gasteiger partial charge in [-0.1, -0.05) is 66.7 Å². The molecule has 0 radical (unpaired) electrons. The lowest BCUT2D eigenvalue weighted by molar-refractivity contribution is -0.151. The van der Waals surface area contributed by atoms with E-state index in [2.05, 4.69) is 0 Å². The maximum atomic E-state index is 12.7. The maximum Gasteiger partial charge on any atom is 0.312 e. The average molecular weight is 480 g/mol. The van der Waals surface area contributed by atoms with Crippen LogP contribution in [0.25, 0.3) is 10.8 Å². The lowest BCUT2D eigenvalue weighted by Gasteiger charge is -2.18. The molecular formula is C30H25NO5. The number of hydrogen-bond acceptors (Lipinski definition) is 5. The second-order valence-corrected chi connectivity index (χ2v) is 8.79. The minimum atomic E-state index is -0.922. The quantitative estimate of drug-likeness (QED) is 0.247. The third-order valence-corrected chi connectivity index (χ3v) is 6.30. The van der Waals surface area contributed by atoms with Crippen LogP contribution in [-0.2, 0) is 14.3 Å². The summed E-state index contributed by atoms with van der Waals surface area (Å²) in [5.74, 6) is -0.215. The molecule has 1 heterocycles. The lowest BCUT2D eigenvalue weighted by Crippen LogP contribution is -2.30. The number of nitrogens with zero attached hydrogens (tertiary/aromatic N) is 1. The normalized spacial score (nSPS) is 16.1. The summed E-state index contributed by atoms with van der Waals surface area (Å²) in [6, 6.07) is 29.8. The monoisotopic (exact) mass is 479 g/mol. The molecule has 180 valence electrons. The summed E-state index contributed by atoms with van der Waals surface area (Å²) >= 11 is 0. The number of ether oxygens (including phenoxy) is 2. The van der Waals surface area contributed by atoms with Gasteiger partial charge in [-0.3, -0.25) is 14.4 Å². The van der Waals surface area contributed by atoms with Gasteiger partial charge in [0.15, 0.2) is 6.10 Å². The molecule has 1 aliphatic rings. The predicted octanol–water partition coefficient (Wildman–Crippen LogP) is 5.80. The van der Waals surface area contributed by atoms with E-state index in [9.17, 15) is 14.4 Å². The number of carbonyl (C=O) groups is 3. The molecule has 4 aromatic carbocycles. The number of amides is 1. The van der Waals surface area contributed by atoms with Gasteiger partial charge in [-0.05, 0) is 42.6 Å². The van der Waals surface area contributed by atoms with Crippen LogP contribution in [0.1, 0.15) is 23.7 Å². The Morgan fingerprint density at radius 1 is 0.861 bits per heavy atom. The topological polar surface area (TPSA) is 72.9 Å². The molecular weight excluding hydrogens is 454 g/mol. The van der Waals surface area contributed by atoms with Gasteiger partial charge in [-0.25, -0.2) is 0 Å². The van der Waals surface area contributed by atoms with Gasteiger partial charge in [0.1, 0.15) is 11.5 Å². The van der Waals surface area contributed by atoms with Crippen molar-refractivity contribution < 1.29 is 23.9 Å². The van der Waals surface area contributed by atoms with Crippen LogP contribution in [0.5, 0.6) is 11.5 Å². The zero-order valence-corrected chi connectivity index (χ0v) is 19.8. The summed E-state index contributed by atoms with van der Waals surface area (Å²) in [5.41, 5.74) is 1.15. The number of fused-ring (bicyclic) bond motifs is 1. The Bertz CT molecular complexity index is 1410. The first kappa shape index (κ1) is 23.3.